The molecule has 4 unspecified atom stereocenters. The summed E-state index contributed by atoms with van der Waals surface area (Å²) in [6, 6.07) is 9.11. The van der Waals surface area contributed by atoms with Crippen molar-refractivity contribution in [3.63, 3.8) is 0 Å². The van der Waals surface area contributed by atoms with E-state index in [0.717, 1.165) is 23.7 Å². The molecule has 4 fully saturated rings. The van der Waals surface area contributed by atoms with E-state index in [0.29, 0.717) is 10.8 Å². The summed E-state index contributed by atoms with van der Waals surface area (Å²) in [5, 5.41) is 0. The smallest absolute Gasteiger partial charge is 0.0270 e. The summed E-state index contributed by atoms with van der Waals surface area (Å²) in [6.45, 7) is 0. The van der Waals surface area contributed by atoms with Crippen LogP contribution in [0.3, 0.4) is 0 Å². The Balaban J connectivity index is 1.62. The molecule has 4 saturated carbocycles. The van der Waals surface area contributed by atoms with Gasteiger partial charge in [0.1, 0.15) is 0 Å². The maximum absolute atomic E-state index is 4.23. The Morgan fingerprint density at radius 2 is 1.00 bits per heavy atom. The molecule has 20 heavy (non-hydrogen) atoms. The molecule has 4 aliphatic carbocycles. The number of fused-ring (bicyclic) bond motifs is 2. The van der Waals surface area contributed by atoms with Crippen LogP contribution in [-0.4, -0.2) is 9.97 Å². The molecule has 6 rings (SSSR count). The Bertz CT molecular complexity index is 629. The zero-order valence-corrected chi connectivity index (χ0v) is 11.2. The van der Waals surface area contributed by atoms with Crippen LogP contribution in [-0.2, 0) is 10.8 Å². The van der Waals surface area contributed by atoms with Crippen LogP contribution >= 0.6 is 0 Å². The van der Waals surface area contributed by atoms with E-state index in [-0.39, 0.29) is 0 Å². The van der Waals surface area contributed by atoms with Gasteiger partial charge in [0.25, 0.3) is 0 Å². The van der Waals surface area contributed by atoms with Crippen molar-refractivity contribution in [3.05, 3.63) is 60.2 Å². The number of hydrogen-bond acceptors (Lipinski definition) is 2. The van der Waals surface area contributed by atoms with Gasteiger partial charge >= 0.3 is 0 Å². The second-order valence-electron chi connectivity index (χ2n) is 7.11. The predicted molar refractivity (Wildman–Crippen MR) is 75.0 cm³/mol. The van der Waals surface area contributed by atoms with E-state index in [9.17, 15) is 0 Å². The van der Waals surface area contributed by atoms with E-state index >= 15 is 0 Å². The Morgan fingerprint density at radius 3 is 1.35 bits per heavy atom. The lowest BCUT2D eigenvalue weighted by molar-refractivity contribution is 0.457. The molecule has 98 valence electrons. The van der Waals surface area contributed by atoms with Gasteiger partial charge in [-0.15, -0.1) is 0 Å². The van der Waals surface area contributed by atoms with Crippen molar-refractivity contribution in [1.29, 1.82) is 0 Å². The molecule has 2 heterocycles. The highest BCUT2D eigenvalue weighted by atomic mass is 15.0. The number of pyridine rings is 2. The van der Waals surface area contributed by atoms with Crippen LogP contribution in [0.5, 0.6) is 0 Å². The average Bonchev–Trinajstić information content (AvgIpc) is 3.32. The van der Waals surface area contributed by atoms with Crippen LogP contribution in [0.2, 0.25) is 0 Å². The summed E-state index contributed by atoms with van der Waals surface area (Å²) in [5.74, 6) is 3.75. The zero-order chi connectivity index (χ0) is 12.9. The van der Waals surface area contributed by atoms with Crippen LogP contribution in [0, 0.1) is 23.7 Å². The minimum absolute atomic E-state index is 0.451. The number of aromatic nitrogens is 2. The summed E-state index contributed by atoms with van der Waals surface area (Å²) in [4.78, 5) is 8.46. The standard InChI is InChI=1S/C18H16N2/c1-5-19-6-2-11(1)17-13-9-15-16(10-14(13)17)18(15,17)12-3-7-20-8-4-12/h1-8,13-16H,9-10H2/t13-,14?,15+,16?,17?,18?. The molecule has 0 N–H and O–H groups in total. The van der Waals surface area contributed by atoms with E-state index in [1.165, 1.54) is 12.8 Å². The number of rotatable bonds is 2. The van der Waals surface area contributed by atoms with Crippen molar-refractivity contribution in [1.82, 2.24) is 9.97 Å². The molecule has 0 aliphatic heterocycles. The molecule has 0 aromatic carbocycles. The summed E-state index contributed by atoms with van der Waals surface area (Å²) >= 11 is 0. The zero-order valence-electron chi connectivity index (χ0n) is 11.2. The third kappa shape index (κ3) is 0.751. The molecule has 0 saturated heterocycles. The second-order valence-corrected chi connectivity index (χ2v) is 7.11. The van der Waals surface area contributed by atoms with Crippen LogP contribution in [0.15, 0.2) is 49.1 Å². The molecular weight excluding hydrogens is 244 g/mol. The molecule has 0 spiro atoms. The third-order valence-corrected chi connectivity index (χ3v) is 7.11. The number of hydrogen-bond donors (Lipinski definition) is 0. The molecule has 2 aromatic heterocycles. The van der Waals surface area contributed by atoms with Crippen LogP contribution in [0.25, 0.3) is 0 Å². The average molecular weight is 260 g/mol. The van der Waals surface area contributed by atoms with Gasteiger partial charge in [-0.3, -0.25) is 9.97 Å². The van der Waals surface area contributed by atoms with E-state index in [1.807, 2.05) is 24.8 Å². The highest BCUT2D eigenvalue weighted by Gasteiger charge is 2.95. The molecule has 6 atom stereocenters. The molecule has 0 radical (unpaired) electrons. The van der Waals surface area contributed by atoms with Gasteiger partial charge in [-0.25, -0.2) is 0 Å². The Hall–Kier alpha value is -1.70. The quantitative estimate of drug-likeness (QED) is 0.829. The van der Waals surface area contributed by atoms with Gasteiger partial charge in [0.2, 0.25) is 0 Å². The highest BCUT2D eigenvalue weighted by molar-refractivity contribution is 5.61. The first-order chi connectivity index (χ1) is 9.91. The van der Waals surface area contributed by atoms with Gasteiger partial charge in [-0.2, -0.15) is 0 Å². The first kappa shape index (κ1) is 10.1. The van der Waals surface area contributed by atoms with Crippen molar-refractivity contribution in [3.8, 4) is 0 Å². The summed E-state index contributed by atoms with van der Waals surface area (Å²) in [6.07, 6.45) is 10.8. The van der Waals surface area contributed by atoms with Crippen molar-refractivity contribution in [2.24, 2.45) is 23.7 Å². The fourth-order valence-corrected chi connectivity index (χ4v) is 6.84. The molecule has 2 aromatic rings. The summed E-state index contributed by atoms with van der Waals surface area (Å²) in [5.41, 5.74) is 4.02. The van der Waals surface area contributed by atoms with E-state index in [1.54, 1.807) is 11.1 Å². The first-order valence-electron chi connectivity index (χ1n) is 7.73. The van der Waals surface area contributed by atoms with E-state index in [2.05, 4.69) is 34.2 Å². The Morgan fingerprint density at radius 1 is 0.650 bits per heavy atom. The van der Waals surface area contributed by atoms with Crippen LogP contribution in [0.1, 0.15) is 24.0 Å². The first-order valence-corrected chi connectivity index (χ1v) is 7.73. The fourth-order valence-electron chi connectivity index (χ4n) is 6.84. The van der Waals surface area contributed by atoms with Gasteiger partial charge in [-0.1, -0.05) is 0 Å². The largest absolute Gasteiger partial charge is 0.265 e. The summed E-state index contributed by atoms with van der Waals surface area (Å²) < 4.78 is 0. The highest BCUT2D eigenvalue weighted by Crippen LogP contribution is 2.96. The molecule has 2 heteroatoms. The predicted octanol–water partition coefficient (Wildman–Crippen LogP) is 2.95. The van der Waals surface area contributed by atoms with Gasteiger partial charge in [0.15, 0.2) is 0 Å². The van der Waals surface area contributed by atoms with Gasteiger partial charge in [0, 0.05) is 35.6 Å². The second kappa shape index (κ2) is 2.83. The van der Waals surface area contributed by atoms with Crippen molar-refractivity contribution >= 4 is 0 Å². The molecule has 4 aliphatic rings. The molecule has 0 bridgehead atoms. The fraction of sp³-hybridized carbons (Fsp3) is 0.444. The maximum atomic E-state index is 4.23. The molecular formula is C18H16N2. The van der Waals surface area contributed by atoms with E-state index < -0.39 is 0 Å². The molecule has 0 amide bonds. The minimum atomic E-state index is 0.451. The normalized spacial score (nSPS) is 49.0. The van der Waals surface area contributed by atoms with E-state index in [4.69, 9.17) is 0 Å². The lowest BCUT2D eigenvalue weighted by Gasteiger charge is -2.27. The Labute approximate surface area is 118 Å². The Kier molecular flexibility index (Phi) is 1.43. The maximum Gasteiger partial charge on any atom is 0.0270 e. The van der Waals surface area contributed by atoms with Crippen molar-refractivity contribution in [2.45, 2.75) is 23.7 Å². The SMILES string of the molecule is c1cc(C23C4CC5[C@H](C[C@H]42)C53c2ccncc2)ccn1. The lowest BCUT2D eigenvalue weighted by Crippen LogP contribution is -2.27. The number of nitrogens with zero attached hydrogens (tertiary/aromatic N) is 2. The third-order valence-electron chi connectivity index (χ3n) is 7.11. The summed E-state index contributed by atoms with van der Waals surface area (Å²) in [7, 11) is 0. The van der Waals surface area contributed by atoms with Gasteiger partial charge < -0.3 is 0 Å². The lowest BCUT2D eigenvalue weighted by atomic mass is 9.76. The molecule has 2 nitrogen and oxygen atoms in total. The topological polar surface area (TPSA) is 25.8 Å². The monoisotopic (exact) mass is 260 g/mol. The van der Waals surface area contributed by atoms with Crippen molar-refractivity contribution in [2.75, 3.05) is 0 Å². The van der Waals surface area contributed by atoms with Crippen molar-refractivity contribution < 1.29 is 0 Å². The van der Waals surface area contributed by atoms with Crippen LogP contribution < -0.4 is 0 Å². The van der Waals surface area contributed by atoms with Gasteiger partial charge in [0.05, 0.1) is 0 Å². The van der Waals surface area contributed by atoms with Gasteiger partial charge in [-0.05, 0) is 71.9 Å². The minimum Gasteiger partial charge on any atom is -0.265 e. The van der Waals surface area contributed by atoms with Crippen LogP contribution in [0.4, 0.5) is 0 Å².